The topological polar surface area (TPSA) is 18.5 Å². The molecule has 1 N–H and O–H groups in total. The summed E-state index contributed by atoms with van der Waals surface area (Å²) in [5, 5.41) is 3.63. The summed E-state index contributed by atoms with van der Waals surface area (Å²) in [6, 6.07) is 1.56. The van der Waals surface area contributed by atoms with Gasteiger partial charge in [-0.1, -0.05) is 27.2 Å². The van der Waals surface area contributed by atoms with Crippen molar-refractivity contribution in [1.82, 2.24) is 15.1 Å². The maximum Gasteiger partial charge on any atom is 0.0244 e. The van der Waals surface area contributed by atoms with Gasteiger partial charge < -0.3 is 5.32 Å². The molecule has 0 spiro atoms. The van der Waals surface area contributed by atoms with E-state index in [1.54, 1.807) is 0 Å². The van der Waals surface area contributed by atoms with Crippen molar-refractivity contribution >= 4 is 0 Å². The zero-order chi connectivity index (χ0) is 13.7. The van der Waals surface area contributed by atoms with E-state index in [-0.39, 0.29) is 0 Å². The molecular formula is C16H33N3. The van der Waals surface area contributed by atoms with Gasteiger partial charge in [-0.25, -0.2) is 0 Å². The van der Waals surface area contributed by atoms with Gasteiger partial charge in [-0.2, -0.15) is 0 Å². The largest absolute Gasteiger partial charge is 0.315 e. The summed E-state index contributed by atoms with van der Waals surface area (Å²) in [6.07, 6.45) is 5.52. The maximum absolute atomic E-state index is 3.63. The third kappa shape index (κ3) is 4.17. The number of nitrogens with zero attached hydrogens (tertiary/aromatic N) is 2. The van der Waals surface area contributed by atoms with Crippen molar-refractivity contribution in [2.75, 3.05) is 39.3 Å². The lowest BCUT2D eigenvalue weighted by atomic mass is 9.95. The zero-order valence-electron chi connectivity index (χ0n) is 13.2. The lowest BCUT2D eigenvalue weighted by Gasteiger charge is -2.47. The molecule has 0 aromatic rings. The van der Waals surface area contributed by atoms with E-state index in [4.69, 9.17) is 0 Å². The van der Waals surface area contributed by atoms with Gasteiger partial charge in [-0.3, -0.25) is 9.80 Å². The first-order valence-corrected chi connectivity index (χ1v) is 8.41. The summed E-state index contributed by atoms with van der Waals surface area (Å²) in [5.74, 6) is 0.750. The Bertz CT molecular complexity index is 254. The van der Waals surface area contributed by atoms with Crippen molar-refractivity contribution in [3.63, 3.8) is 0 Å². The Morgan fingerprint density at radius 3 is 2.74 bits per heavy atom. The third-order valence-corrected chi connectivity index (χ3v) is 4.89. The molecule has 0 amide bonds. The number of hydrogen-bond acceptors (Lipinski definition) is 3. The number of fused-ring (bicyclic) bond motifs is 1. The van der Waals surface area contributed by atoms with E-state index in [0.29, 0.717) is 0 Å². The lowest BCUT2D eigenvalue weighted by molar-refractivity contribution is 0.0164. The Hall–Kier alpha value is -0.120. The first kappa shape index (κ1) is 15.3. The Morgan fingerprint density at radius 2 is 2.00 bits per heavy atom. The van der Waals surface area contributed by atoms with Gasteiger partial charge in [0.2, 0.25) is 0 Å². The molecule has 2 aliphatic heterocycles. The highest BCUT2D eigenvalue weighted by molar-refractivity contribution is 4.89. The number of nitrogens with one attached hydrogen (secondary N) is 1. The second-order valence-electron chi connectivity index (χ2n) is 6.70. The van der Waals surface area contributed by atoms with Gasteiger partial charge in [-0.15, -0.1) is 0 Å². The zero-order valence-corrected chi connectivity index (χ0v) is 13.2. The number of rotatable bonds is 6. The molecule has 0 aliphatic carbocycles. The molecule has 2 rings (SSSR count). The molecule has 0 saturated carbocycles. The van der Waals surface area contributed by atoms with E-state index < -0.39 is 0 Å². The molecule has 19 heavy (non-hydrogen) atoms. The van der Waals surface area contributed by atoms with Crippen LogP contribution in [0.1, 0.15) is 46.5 Å². The van der Waals surface area contributed by atoms with Gasteiger partial charge in [0, 0.05) is 38.3 Å². The summed E-state index contributed by atoms with van der Waals surface area (Å²) >= 11 is 0. The third-order valence-electron chi connectivity index (χ3n) is 4.89. The molecule has 0 radical (unpaired) electrons. The molecule has 3 nitrogen and oxygen atoms in total. The van der Waals surface area contributed by atoms with E-state index in [0.717, 1.165) is 31.1 Å². The molecule has 0 bridgehead atoms. The van der Waals surface area contributed by atoms with E-state index in [2.05, 4.69) is 35.9 Å². The molecule has 112 valence electrons. The van der Waals surface area contributed by atoms with Gasteiger partial charge >= 0.3 is 0 Å². The van der Waals surface area contributed by atoms with Gasteiger partial charge in [0.15, 0.2) is 0 Å². The fraction of sp³-hybridized carbons (Fsp3) is 1.00. The van der Waals surface area contributed by atoms with E-state index in [1.807, 2.05) is 0 Å². The SMILES string of the molecule is CCCNCC(C(C)C)N1CCN2CCCCC2C1. The minimum atomic E-state index is 0.718. The van der Waals surface area contributed by atoms with Crippen LogP contribution >= 0.6 is 0 Å². The smallest absolute Gasteiger partial charge is 0.0244 e. The molecule has 2 fully saturated rings. The predicted molar refractivity (Wildman–Crippen MR) is 82.6 cm³/mol. The van der Waals surface area contributed by atoms with Crippen molar-refractivity contribution in [3.8, 4) is 0 Å². The predicted octanol–water partition coefficient (Wildman–Crippen LogP) is 2.18. The molecule has 3 heteroatoms. The average molecular weight is 267 g/mol. The van der Waals surface area contributed by atoms with Crippen LogP contribution < -0.4 is 5.32 Å². The van der Waals surface area contributed by atoms with Crippen molar-refractivity contribution in [2.24, 2.45) is 5.92 Å². The Morgan fingerprint density at radius 1 is 1.16 bits per heavy atom. The van der Waals surface area contributed by atoms with E-state index in [1.165, 1.54) is 51.9 Å². The Balaban J connectivity index is 1.86. The van der Waals surface area contributed by atoms with Crippen LogP contribution in [-0.2, 0) is 0 Å². The minimum Gasteiger partial charge on any atom is -0.315 e. The Kier molecular flexibility index (Phi) is 6.11. The summed E-state index contributed by atoms with van der Waals surface area (Å²) in [6.45, 7) is 14.5. The van der Waals surface area contributed by atoms with Crippen LogP contribution in [0.15, 0.2) is 0 Å². The molecule has 2 aliphatic rings. The van der Waals surface area contributed by atoms with Crippen LogP contribution in [0.3, 0.4) is 0 Å². The highest BCUT2D eigenvalue weighted by atomic mass is 15.3. The van der Waals surface area contributed by atoms with Crippen LogP contribution in [0.2, 0.25) is 0 Å². The van der Waals surface area contributed by atoms with Crippen LogP contribution in [0.25, 0.3) is 0 Å². The average Bonchev–Trinajstić information content (AvgIpc) is 2.43. The number of piperazine rings is 1. The quantitative estimate of drug-likeness (QED) is 0.744. The molecule has 2 saturated heterocycles. The first-order valence-electron chi connectivity index (χ1n) is 8.41. The van der Waals surface area contributed by atoms with Crippen LogP contribution in [0, 0.1) is 5.92 Å². The van der Waals surface area contributed by atoms with Crippen LogP contribution in [-0.4, -0.2) is 61.2 Å². The summed E-state index contributed by atoms with van der Waals surface area (Å²) in [5.41, 5.74) is 0. The second kappa shape index (κ2) is 7.61. The first-order chi connectivity index (χ1) is 9.22. The standard InChI is InChI=1S/C16H33N3/c1-4-8-17-12-16(14(2)3)19-11-10-18-9-6-5-7-15(18)13-19/h14-17H,4-13H2,1-3H3. The molecule has 2 heterocycles. The van der Waals surface area contributed by atoms with Crippen molar-refractivity contribution in [3.05, 3.63) is 0 Å². The van der Waals surface area contributed by atoms with Crippen molar-refractivity contribution in [2.45, 2.75) is 58.5 Å². The minimum absolute atomic E-state index is 0.718. The second-order valence-corrected chi connectivity index (χ2v) is 6.70. The molecule has 0 aromatic heterocycles. The van der Waals surface area contributed by atoms with Gasteiger partial charge in [0.05, 0.1) is 0 Å². The fourth-order valence-corrected chi connectivity index (χ4v) is 3.69. The summed E-state index contributed by atoms with van der Waals surface area (Å²) < 4.78 is 0. The van der Waals surface area contributed by atoms with E-state index in [9.17, 15) is 0 Å². The number of piperidine rings is 1. The van der Waals surface area contributed by atoms with Crippen molar-refractivity contribution in [1.29, 1.82) is 0 Å². The summed E-state index contributed by atoms with van der Waals surface area (Å²) in [7, 11) is 0. The van der Waals surface area contributed by atoms with Crippen molar-refractivity contribution < 1.29 is 0 Å². The Labute approximate surface area is 119 Å². The highest BCUT2D eigenvalue weighted by Gasteiger charge is 2.32. The molecule has 2 unspecified atom stereocenters. The van der Waals surface area contributed by atoms with Gasteiger partial charge in [-0.05, 0) is 38.3 Å². The molecular weight excluding hydrogens is 234 g/mol. The normalized spacial score (nSPS) is 27.5. The van der Waals surface area contributed by atoms with Gasteiger partial charge in [0.1, 0.15) is 0 Å². The van der Waals surface area contributed by atoms with Crippen LogP contribution in [0.5, 0.6) is 0 Å². The summed E-state index contributed by atoms with van der Waals surface area (Å²) in [4.78, 5) is 5.50. The molecule has 2 atom stereocenters. The van der Waals surface area contributed by atoms with E-state index >= 15 is 0 Å². The highest BCUT2D eigenvalue weighted by Crippen LogP contribution is 2.23. The fourth-order valence-electron chi connectivity index (χ4n) is 3.69. The lowest BCUT2D eigenvalue weighted by Crippen LogP contribution is -2.59. The maximum atomic E-state index is 3.63. The monoisotopic (exact) mass is 267 g/mol. The van der Waals surface area contributed by atoms with Gasteiger partial charge in [0.25, 0.3) is 0 Å². The number of hydrogen-bond donors (Lipinski definition) is 1. The molecule has 0 aromatic carbocycles. The van der Waals surface area contributed by atoms with Crippen LogP contribution in [0.4, 0.5) is 0 Å².